The molecule has 3 aromatic heterocycles. The van der Waals surface area contributed by atoms with Gasteiger partial charge >= 0.3 is 0 Å². The van der Waals surface area contributed by atoms with Crippen molar-refractivity contribution in [2.24, 2.45) is 0 Å². The van der Waals surface area contributed by atoms with Gasteiger partial charge in [-0.2, -0.15) is 5.10 Å². The van der Waals surface area contributed by atoms with E-state index < -0.39 is 0 Å². The van der Waals surface area contributed by atoms with E-state index in [0.29, 0.717) is 11.4 Å². The van der Waals surface area contributed by atoms with Gasteiger partial charge in [0.2, 0.25) is 0 Å². The molecule has 136 valence electrons. The van der Waals surface area contributed by atoms with Gasteiger partial charge in [0.1, 0.15) is 0 Å². The molecule has 27 heavy (non-hydrogen) atoms. The maximum Gasteiger partial charge on any atom is 0.261 e. The molecule has 0 saturated heterocycles. The van der Waals surface area contributed by atoms with Crippen LogP contribution in [0.5, 0.6) is 0 Å². The second kappa shape index (κ2) is 6.34. The highest BCUT2D eigenvalue weighted by atomic mass is 16.1. The molecule has 1 fully saturated rings. The SMILES string of the molecule is Cc1nn2c(ncc3c(=O)n(C4CCCCC4)ccc32)c1-c1ccccc1. The Labute approximate surface area is 157 Å². The van der Waals surface area contributed by atoms with E-state index in [-0.39, 0.29) is 5.56 Å². The molecule has 0 N–H and O–H groups in total. The highest BCUT2D eigenvalue weighted by molar-refractivity contribution is 5.86. The zero-order chi connectivity index (χ0) is 18.4. The minimum Gasteiger partial charge on any atom is -0.312 e. The summed E-state index contributed by atoms with van der Waals surface area (Å²) in [6.07, 6.45) is 9.51. The Morgan fingerprint density at radius 3 is 2.59 bits per heavy atom. The molecule has 0 amide bonds. The molecule has 4 aromatic rings. The van der Waals surface area contributed by atoms with Gasteiger partial charge in [-0.25, -0.2) is 9.50 Å². The lowest BCUT2D eigenvalue weighted by molar-refractivity contribution is 0.347. The van der Waals surface area contributed by atoms with Crippen LogP contribution in [0.1, 0.15) is 43.8 Å². The summed E-state index contributed by atoms with van der Waals surface area (Å²) in [4.78, 5) is 17.8. The normalized spacial score (nSPS) is 15.6. The number of fused-ring (bicyclic) bond motifs is 3. The van der Waals surface area contributed by atoms with E-state index in [1.165, 1.54) is 19.3 Å². The number of hydrogen-bond acceptors (Lipinski definition) is 3. The number of hydrogen-bond donors (Lipinski definition) is 0. The van der Waals surface area contributed by atoms with Crippen molar-refractivity contribution in [3.8, 4) is 11.1 Å². The first-order valence-electron chi connectivity index (χ1n) is 9.68. The van der Waals surface area contributed by atoms with Crippen molar-refractivity contribution in [2.75, 3.05) is 0 Å². The van der Waals surface area contributed by atoms with Crippen LogP contribution in [-0.4, -0.2) is 19.2 Å². The summed E-state index contributed by atoms with van der Waals surface area (Å²) in [5.74, 6) is 0. The summed E-state index contributed by atoms with van der Waals surface area (Å²) in [5, 5.41) is 5.34. The Hall–Kier alpha value is -2.95. The highest BCUT2D eigenvalue weighted by Crippen LogP contribution is 2.30. The summed E-state index contributed by atoms with van der Waals surface area (Å²) in [7, 11) is 0. The summed E-state index contributed by atoms with van der Waals surface area (Å²) in [6, 6.07) is 12.5. The quantitative estimate of drug-likeness (QED) is 0.529. The van der Waals surface area contributed by atoms with E-state index >= 15 is 0 Å². The summed E-state index contributed by atoms with van der Waals surface area (Å²) < 4.78 is 3.73. The second-order valence-corrected chi connectivity index (χ2v) is 7.44. The summed E-state index contributed by atoms with van der Waals surface area (Å²) in [5.41, 5.74) is 4.69. The van der Waals surface area contributed by atoms with Gasteiger partial charge in [-0.3, -0.25) is 4.79 Å². The van der Waals surface area contributed by atoms with E-state index in [0.717, 1.165) is 40.8 Å². The Morgan fingerprint density at radius 2 is 1.81 bits per heavy atom. The molecular weight excluding hydrogens is 336 g/mol. The van der Waals surface area contributed by atoms with Gasteiger partial charge < -0.3 is 4.57 Å². The smallest absolute Gasteiger partial charge is 0.261 e. The molecule has 0 radical (unpaired) electrons. The maximum absolute atomic E-state index is 13.1. The lowest BCUT2D eigenvalue weighted by Gasteiger charge is -2.24. The first-order valence-corrected chi connectivity index (χ1v) is 9.68. The number of aryl methyl sites for hydroxylation is 1. The van der Waals surface area contributed by atoms with E-state index in [9.17, 15) is 4.79 Å². The predicted octanol–water partition coefficient (Wildman–Crippen LogP) is 4.52. The van der Waals surface area contributed by atoms with Crippen LogP contribution < -0.4 is 5.56 Å². The standard InChI is InChI=1S/C22H22N4O/c1-15-20(16-8-4-2-5-9-16)21-23-14-18-19(26(21)24-15)12-13-25(22(18)27)17-10-6-3-7-11-17/h2,4-5,8-9,12-14,17H,3,6-7,10-11H2,1H3. The Bertz CT molecular complexity index is 1180. The van der Waals surface area contributed by atoms with Crippen LogP contribution in [-0.2, 0) is 0 Å². The molecule has 5 nitrogen and oxygen atoms in total. The Kier molecular flexibility index (Phi) is 3.81. The van der Waals surface area contributed by atoms with Crippen molar-refractivity contribution in [3.05, 3.63) is 64.8 Å². The summed E-state index contributed by atoms with van der Waals surface area (Å²) >= 11 is 0. The van der Waals surface area contributed by atoms with Gasteiger partial charge in [-0.05, 0) is 31.4 Å². The van der Waals surface area contributed by atoms with Crippen LogP contribution in [0.4, 0.5) is 0 Å². The van der Waals surface area contributed by atoms with Crippen LogP contribution in [0.2, 0.25) is 0 Å². The fourth-order valence-corrected chi connectivity index (χ4v) is 4.38. The lowest BCUT2D eigenvalue weighted by Crippen LogP contribution is -2.26. The third-order valence-electron chi connectivity index (χ3n) is 5.74. The van der Waals surface area contributed by atoms with Crippen LogP contribution in [0.25, 0.3) is 27.7 Å². The number of benzene rings is 1. The van der Waals surface area contributed by atoms with Crippen molar-refractivity contribution in [2.45, 2.75) is 45.1 Å². The van der Waals surface area contributed by atoms with Gasteiger partial charge in [0.25, 0.3) is 5.56 Å². The Morgan fingerprint density at radius 1 is 1.04 bits per heavy atom. The molecule has 5 rings (SSSR count). The van der Waals surface area contributed by atoms with Crippen molar-refractivity contribution in [3.63, 3.8) is 0 Å². The number of rotatable bonds is 2. The fraction of sp³-hybridized carbons (Fsp3) is 0.318. The second-order valence-electron chi connectivity index (χ2n) is 7.44. The van der Waals surface area contributed by atoms with Gasteiger partial charge in [0, 0.05) is 24.0 Å². The number of pyridine rings is 1. The highest BCUT2D eigenvalue weighted by Gasteiger charge is 2.19. The number of aromatic nitrogens is 4. The molecular formula is C22H22N4O. The Balaban J connectivity index is 1.72. The molecule has 0 bridgehead atoms. The predicted molar refractivity (Wildman–Crippen MR) is 107 cm³/mol. The minimum absolute atomic E-state index is 0.0446. The monoisotopic (exact) mass is 358 g/mol. The average molecular weight is 358 g/mol. The fourth-order valence-electron chi connectivity index (χ4n) is 4.38. The van der Waals surface area contributed by atoms with Gasteiger partial charge in [-0.15, -0.1) is 0 Å². The van der Waals surface area contributed by atoms with Gasteiger partial charge in [-0.1, -0.05) is 49.6 Å². The molecule has 1 saturated carbocycles. The van der Waals surface area contributed by atoms with Crippen molar-refractivity contribution in [1.82, 2.24) is 19.2 Å². The van der Waals surface area contributed by atoms with E-state index in [2.05, 4.69) is 17.1 Å². The molecule has 1 aliphatic rings. The van der Waals surface area contributed by atoms with Gasteiger partial charge in [0.15, 0.2) is 5.65 Å². The molecule has 1 aliphatic carbocycles. The van der Waals surface area contributed by atoms with Crippen molar-refractivity contribution in [1.29, 1.82) is 0 Å². The third kappa shape index (κ3) is 2.57. The molecule has 5 heteroatoms. The van der Waals surface area contributed by atoms with Crippen molar-refractivity contribution < 1.29 is 0 Å². The third-order valence-corrected chi connectivity index (χ3v) is 5.74. The first kappa shape index (κ1) is 16.2. The van der Waals surface area contributed by atoms with E-state index in [1.54, 1.807) is 6.20 Å². The van der Waals surface area contributed by atoms with E-state index in [4.69, 9.17) is 5.10 Å². The van der Waals surface area contributed by atoms with E-state index in [1.807, 2.05) is 46.5 Å². The topological polar surface area (TPSA) is 52.2 Å². The van der Waals surface area contributed by atoms with Crippen molar-refractivity contribution >= 4 is 16.6 Å². The summed E-state index contributed by atoms with van der Waals surface area (Å²) in [6.45, 7) is 1.99. The molecule has 0 unspecified atom stereocenters. The average Bonchev–Trinajstić information content (AvgIpc) is 3.06. The van der Waals surface area contributed by atoms with Crippen LogP contribution in [0.3, 0.4) is 0 Å². The largest absolute Gasteiger partial charge is 0.312 e. The number of nitrogens with zero attached hydrogens (tertiary/aromatic N) is 4. The van der Waals surface area contributed by atoms with Crippen LogP contribution in [0, 0.1) is 6.92 Å². The first-order chi connectivity index (χ1) is 13.2. The minimum atomic E-state index is 0.0446. The van der Waals surface area contributed by atoms with Crippen LogP contribution >= 0.6 is 0 Å². The van der Waals surface area contributed by atoms with Crippen LogP contribution in [0.15, 0.2) is 53.6 Å². The zero-order valence-corrected chi connectivity index (χ0v) is 15.4. The van der Waals surface area contributed by atoms with Gasteiger partial charge in [0.05, 0.1) is 16.6 Å². The maximum atomic E-state index is 13.1. The zero-order valence-electron chi connectivity index (χ0n) is 15.4. The molecule has 1 aromatic carbocycles. The molecule has 0 spiro atoms. The lowest BCUT2D eigenvalue weighted by atomic mass is 9.95. The molecule has 0 atom stereocenters. The molecule has 3 heterocycles. The molecule has 0 aliphatic heterocycles.